The van der Waals surface area contributed by atoms with Crippen LogP contribution in [0.5, 0.6) is 0 Å². The first kappa shape index (κ1) is 12.4. The molecule has 1 aromatic carbocycles. The smallest absolute Gasteiger partial charge is 0.129 e. The lowest BCUT2D eigenvalue weighted by atomic mass is 9.95. The molecule has 0 aromatic heterocycles. The lowest BCUT2D eigenvalue weighted by Crippen LogP contribution is -2.21. The molecule has 3 heteroatoms. The van der Waals surface area contributed by atoms with Crippen molar-refractivity contribution in [1.29, 1.82) is 0 Å². The molecule has 2 rings (SSSR count). The van der Waals surface area contributed by atoms with Crippen LogP contribution >= 0.6 is 0 Å². The summed E-state index contributed by atoms with van der Waals surface area (Å²) < 4.78 is 13.7. The SMILES string of the molecule is CC(C)C1CCN(c2ccc(CN)c(F)c2)C1. The van der Waals surface area contributed by atoms with Gasteiger partial charge in [0.15, 0.2) is 0 Å². The quantitative estimate of drug-likeness (QED) is 0.874. The van der Waals surface area contributed by atoms with Crippen LogP contribution in [0.2, 0.25) is 0 Å². The molecule has 1 heterocycles. The van der Waals surface area contributed by atoms with Crippen molar-refractivity contribution in [1.82, 2.24) is 0 Å². The van der Waals surface area contributed by atoms with Gasteiger partial charge in [0.1, 0.15) is 5.82 Å². The van der Waals surface area contributed by atoms with Gasteiger partial charge in [-0.1, -0.05) is 19.9 Å². The fourth-order valence-electron chi connectivity index (χ4n) is 2.46. The van der Waals surface area contributed by atoms with Gasteiger partial charge in [-0.05, 0) is 30.4 Å². The second-order valence-electron chi connectivity index (χ2n) is 5.22. The lowest BCUT2D eigenvalue weighted by Gasteiger charge is -2.20. The Bertz CT molecular complexity index is 390. The van der Waals surface area contributed by atoms with E-state index in [-0.39, 0.29) is 12.4 Å². The Labute approximate surface area is 103 Å². The fourth-order valence-corrected chi connectivity index (χ4v) is 2.46. The number of anilines is 1. The largest absolute Gasteiger partial charge is 0.371 e. The maximum Gasteiger partial charge on any atom is 0.129 e. The van der Waals surface area contributed by atoms with E-state index in [1.54, 1.807) is 12.1 Å². The van der Waals surface area contributed by atoms with E-state index in [4.69, 9.17) is 5.73 Å². The molecular weight excluding hydrogens is 215 g/mol. The van der Waals surface area contributed by atoms with Crippen molar-refractivity contribution in [2.45, 2.75) is 26.8 Å². The van der Waals surface area contributed by atoms with Crippen molar-refractivity contribution in [2.75, 3.05) is 18.0 Å². The first-order chi connectivity index (χ1) is 8.11. The Morgan fingerprint density at radius 3 is 2.76 bits per heavy atom. The van der Waals surface area contributed by atoms with Crippen LogP contribution in [-0.2, 0) is 6.54 Å². The van der Waals surface area contributed by atoms with Gasteiger partial charge in [0, 0.05) is 30.9 Å². The zero-order valence-corrected chi connectivity index (χ0v) is 10.6. The van der Waals surface area contributed by atoms with E-state index in [2.05, 4.69) is 18.7 Å². The summed E-state index contributed by atoms with van der Waals surface area (Å²) in [7, 11) is 0. The van der Waals surface area contributed by atoms with E-state index >= 15 is 0 Å². The van der Waals surface area contributed by atoms with E-state index in [1.807, 2.05) is 6.07 Å². The monoisotopic (exact) mass is 236 g/mol. The Kier molecular flexibility index (Phi) is 3.67. The molecule has 0 spiro atoms. The third-order valence-electron chi connectivity index (χ3n) is 3.79. The minimum atomic E-state index is -0.182. The van der Waals surface area contributed by atoms with Crippen molar-refractivity contribution < 1.29 is 4.39 Å². The molecule has 1 aromatic rings. The van der Waals surface area contributed by atoms with Gasteiger partial charge < -0.3 is 10.6 Å². The number of hydrogen-bond donors (Lipinski definition) is 1. The Morgan fingerprint density at radius 2 is 2.24 bits per heavy atom. The molecular formula is C14H21FN2. The Hall–Kier alpha value is -1.09. The first-order valence-electron chi connectivity index (χ1n) is 6.35. The number of nitrogens with two attached hydrogens (primary N) is 1. The zero-order valence-electron chi connectivity index (χ0n) is 10.6. The Balaban J connectivity index is 2.11. The molecule has 1 atom stereocenters. The van der Waals surface area contributed by atoms with Crippen molar-refractivity contribution in [3.8, 4) is 0 Å². The highest BCUT2D eigenvalue weighted by atomic mass is 19.1. The molecule has 0 radical (unpaired) electrons. The van der Waals surface area contributed by atoms with Crippen LogP contribution in [0.1, 0.15) is 25.8 Å². The van der Waals surface area contributed by atoms with Crippen molar-refractivity contribution in [2.24, 2.45) is 17.6 Å². The summed E-state index contributed by atoms with van der Waals surface area (Å²) in [5, 5.41) is 0. The van der Waals surface area contributed by atoms with Gasteiger partial charge in [0.2, 0.25) is 0 Å². The summed E-state index contributed by atoms with van der Waals surface area (Å²) in [6, 6.07) is 5.40. The summed E-state index contributed by atoms with van der Waals surface area (Å²) in [5.41, 5.74) is 7.04. The molecule has 1 aliphatic rings. The van der Waals surface area contributed by atoms with Crippen LogP contribution in [-0.4, -0.2) is 13.1 Å². The average molecular weight is 236 g/mol. The molecule has 1 aliphatic heterocycles. The maximum atomic E-state index is 13.7. The minimum Gasteiger partial charge on any atom is -0.371 e. The minimum absolute atomic E-state index is 0.182. The molecule has 2 N–H and O–H groups in total. The van der Waals surface area contributed by atoms with Crippen molar-refractivity contribution >= 4 is 5.69 Å². The first-order valence-corrected chi connectivity index (χ1v) is 6.35. The van der Waals surface area contributed by atoms with Gasteiger partial charge in [-0.25, -0.2) is 4.39 Å². The van der Waals surface area contributed by atoms with Gasteiger partial charge in [0.25, 0.3) is 0 Å². The highest BCUT2D eigenvalue weighted by Gasteiger charge is 2.25. The number of halogens is 1. The van der Waals surface area contributed by atoms with Crippen LogP contribution in [0.25, 0.3) is 0 Å². The molecule has 2 nitrogen and oxygen atoms in total. The van der Waals surface area contributed by atoms with Crippen LogP contribution in [0.15, 0.2) is 18.2 Å². The van der Waals surface area contributed by atoms with Crippen LogP contribution in [0.4, 0.5) is 10.1 Å². The molecule has 0 aliphatic carbocycles. The molecule has 1 fully saturated rings. The van der Waals surface area contributed by atoms with Gasteiger partial charge in [-0.15, -0.1) is 0 Å². The second kappa shape index (κ2) is 5.05. The third-order valence-corrected chi connectivity index (χ3v) is 3.79. The molecule has 1 unspecified atom stereocenters. The van der Waals surface area contributed by atoms with E-state index in [1.165, 1.54) is 6.42 Å². The molecule has 0 saturated carbocycles. The van der Waals surface area contributed by atoms with E-state index in [0.717, 1.165) is 24.7 Å². The third kappa shape index (κ3) is 2.60. The summed E-state index contributed by atoms with van der Waals surface area (Å²) in [6.45, 7) is 6.85. The number of benzene rings is 1. The van der Waals surface area contributed by atoms with Gasteiger partial charge in [0.05, 0.1) is 0 Å². The second-order valence-corrected chi connectivity index (χ2v) is 5.22. The molecule has 1 saturated heterocycles. The van der Waals surface area contributed by atoms with E-state index in [9.17, 15) is 4.39 Å². The zero-order chi connectivity index (χ0) is 12.4. The number of rotatable bonds is 3. The fraction of sp³-hybridized carbons (Fsp3) is 0.571. The lowest BCUT2D eigenvalue weighted by molar-refractivity contribution is 0.422. The van der Waals surface area contributed by atoms with Crippen molar-refractivity contribution in [3.63, 3.8) is 0 Å². The highest BCUT2D eigenvalue weighted by molar-refractivity contribution is 5.49. The van der Waals surface area contributed by atoms with Crippen LogP contribution in [0, 0.1) is 17.7 Å². The summed E-state index contributed by atoms with van der Waals surface area (Å²) in [4.78, 5) is 2.27. The maximum absolute atomic E-state index is 13.7. The molecule has 17 heavy (non-hydrogen) atoms. The molecule has 0 amide bonds. The van der Waals surface area contributed by atoms with Crippen LogP contribution in [0.3, 0.4) is 0 Å². The summed E-state index contributed by atoms with van der Waals surface area (Å²) in [6.07, 6.45) is 1.21. The highest BCUT2D eigenvalue weighted by Crippen LogP contribution is 2.29. The summed E-state index contributed by atoms with van der Waals surface area (Å²) >= 11 is 0. The number of hydrogen-bond acceptors (Lipinski definition) is 2. The summed E-state index contributed by atoms with van der Waals surface area (Å²) in [5.74, 6) is 1.25. The van der Waals surface area contributed by atoms with E-state index < -0.39 is 0 Å². The predicted octanol–water partition coefficient (Wildman–Crippen LogP) is 2.77. The topological polar surface area (TPSA) is 29.3 Å². The number of nitrogens with zero attached hydrogens (tertiary/aromatic N) is 1. The Morgan fingerprint density at radius 1 is 1.47 bits per heavy atom. The molecule has 0 bridgehead atoms. The standard InChI is InChI=1S/C14H21FN2/c1-10(2)12-5-6-17(9-12)13-4-3-11(8-16)14(15)7-13/h3-4,7,10,12H,5-6,8-9,16H2,1-2H3. The van der Waals surface area contributed by atoms with Gasteiger partial charge in [-0.3, -0.25) is 0 Å². The predicted molar refractivity (Wildman–Crippen MR) is 69.4 cm³/mol. The average Bonchev–Trinajstić information content (AvgIpc) is 2.78. The molecule has 94 valence electrons. The van der Waals surface area contributed by atoms with Gasteiger partial charge in [-0.2, -0.15) is 0 Å². The van der Waals surface area contributed by atoms with E-state index in [0.29, 0.717) is 11.5 Å². The van der Waals surface area contributed by atoms with Crippen molar-refractivity contribution in [3.05, 3.63) is 29.6 Å². The normalized spacial score (nSPS) is 20.3. The van der Waals surface area contributed by atoms with Gasteiger partial charge >= 0.3 is 0 Å². The van der Waals surface area contributed by atoms with Crippen LogP contribution < -0.4 is 10.6 Å².